The highest BCUT2D eigenvalue weighted by molar-refractivity contribution is 5.76. The number of furan rings is 1. The van der Waals surface area contributed by atoms with Gasteiger partial charge in [-0.25, -0.2) is 4.79 Å². The van der Waals surface area contributed by atoms with E-state index in [4.69, 9.17) is 8.83 Å². The Morgan fingerprint density at radius 2 is 2.09 bits per heavy atom. The van der Waals surface area contributed by atoms with E-state index in [1.165, 1.54) is 12.5 Å². The topological polar surface area (TPSA) is 81.5 Å². The molecule has 0 aromatic carbocycles. The second-order valence-electron chi connectivity index (χ2n) is 6.09. The van der Waals surface area contributed by atoms with Gasteiger partial charge in [0.05, 0.1) is 11.8 Å². The fraction of sp³-hybridized carbons (Fsp3) is 0.533. The maximum absolute atomic E-state index is 12.4. The Kier molecular flexibility index (Phi) is 3.87. The number of aromatic nitrogens is 2. The van der Waals surface area contributed by atoms with Crippen LogP contribution in [0.25, 0.3) is 11.5 Å². The molecule has 1 amide bonds. The van der Waals surface area contributed by atoms with Crippen molar-refractivity contribution in [2.24, 2.45) is 11.8 Å². The van der Waals surface area contributed by atoms with Crippen LogP contribution in [0.1, 0.15) is 20.3 Å². The number of piperidine rings is 1. The molecule has 2 atom stereocenters. The molecular weight excluding hydrogens is 286 g/mol. The minimum atomic E-state index is -0.636. The minimum absolute atomic E-state index is 0.0976. The maximum atomic E-state index is 12.4. The molecule has 7 heteroatoms. The number of carbonyl (C=O) groups excluding carboxylic acids is 1. The molecule has 1 saturated heterocycles. The molecule has 0 aliphatic carbocycles. The largest absolute Gasteiger partial charge is 0.472 e. The van der Waals surface area contributed by atoms with Gasteiger partial charge in [0.2, 0.25) is 5.91 Å². The van der Waals surface area contributed by atoms with Crippen molar-refractivity contribution in [1.29, 1.82) is 0 Å². The number of carbonyl (C=O) groups is 1. The molecule has 2 aromatic heterocycles. The summed E-state index contributed by atoms with van der Waals surface area (Å²) in [7, 11) is 0. The van der Waals surface area contributed by atoms with Crippen molar-refractivity contribution in [2.45, 2.75) is 26.8 Å². The van der Waals surface area contributed by atoms with Gasteiger partial charge in [-0.3, -0.25) is 4.79 Å². The third kappa shape index (κ3) is 2.98. The Bertz CT molecular complexity index is 691. The summed E-state index contributed by atoms with van der Waals surface area (Å²) in [6, 6.07) is 1.64. The molecule has 0 spiro atoms. The fourth-order valence-electron chi connectivity index (χ4n) is 3.00. The summed E-state index contributed by atoms with van der Waals surface area (Å²) in [6.45, 7) is 5.62. The van der Waals surface area contributed by atoms with Crippen molar-refractivity contribution < 1.29 is 13.6 Å². The van der Waals surface area contributed by atoms with E-state index in [1.54, 1.807) is 11.0 Å². The van der Waals surface area contributed by atoms with Gasteiger partial charge in [0.15, 0.2) is 0 Å². The van der Waals surface area contributed by atoms with Crippen molar-refractivity contribution >= 4 is 5.91 Å². The van der Waals surface area contributed by atoms with Gasteiger partial charge in [-0.1, -0.05) is 13.8 Å². The van der Waals surface area contributed by atoms with Crippen LogP contribution in [0.2, 0.25) is 0 Å². The molecule has 7 nitrogen and oxygen atoms in total. The summed E-state index contributed by atoms with van der Waals surface area (Å²) in [4.78, 5) is 26.0. The lowest BCUT2D eigenvalue weighted by atomic mass is 9.92. The first kappa shape index (κ1) is 14.6. The molecule has 0 radical (unpaired) electrons. The van der Waals surface area contributed by atoms with E-state index < -0.39 is 5.76 Å². The summed E-state index contributed by atoms with van der Waals surface area (Å²) < 4.78 is 11.1. The molecule has 0 N–H and O–H groups in total. The molecule has 118 valence electrons. The molecule has 2 unspecified atom stereocenters. The third-order valence-electron chi connectivity index (χ3n) is 3.88. The van der Waals surface area contributed by atoms with Crippen LogP contribution >= 0.6 is 0 Å². The molecule has 22 heavy (non-hydrogen) atoms. The zero-order valence-electron chi connectivity index (χ0n) is 12.7. The second kappa shape index (κ2) is 5.82. The van der Waals surface area contributed by atoms with Gasteiger partial charge in [-0.2, -0.15) is 4.68 Å². The van der Waals surface area contributed by atoms with E-state index in [-0.39, 0.29) is 18.3 Å². The first-order valence-corrected chi connectivity index (χ1v) is 7.41. The summed E-state index contributed by atoms with van der Waals surface area (Å²) in [6.07, 6.45) is 4.03. The molecule has 3 heterocycles. The van der Waals surface area contributed by atoms with Crippen molar-refractivity contribution in [3.05, 3.63) is 29.1 Å². The smallest absolute Gasteiger partial charge is 0.437 e. The van der Waals surface area contributed by atoms with Crippen LogP contribution < -0.4 is 5.76 Å². The van der Waals surface area contributed by atoms with Gasteiger partial charge in [-0.15, -0.1) is 5.10 Å². The van der Waals surface area contributed by atoms with Crippen LogP contribution in [0.5, 0.6) is 0 Å². The van der Waals surface area contributed by atoms with Crippen molar-refractivity contribution in [3.8, 4) is 11.5 Å². The predicted octanol–water partition coefficient (Wildman–Crippen LogP) is 1.60. The molecule has 0 bridgehead atoms. The predicted molar refractivity (Wildman–Crippen MR) is 78.0 cm³/mol. The van der Waals surface area contributed by atoms with E-state index in [0.717, 1.165) is 24.2 Å². The van der Waals surface area contributed by atoms with Gasteiger partial charge < -0.3 is 13.7 Å². The highest BCUT2D eigenvalue weighted by Crippen LogP contribution is 2.21. The molecule has 2 aromatic rings. The Balaban J connectivity index is 1.73. The average Bonchev–Trinajstić information content (AvgIpc) is 3.08. The standard InChI is InChI=1S/C15H19N3O4/c1-10-5-11(2)7-17(6-10)13(19)8-18-15(20)22-14(16-18)12-3-4-21-9-12/h3-4,9-11H,5-8H2,1-2H3. The monoisotopic (exact) mass is 305 g/mol. The van der Waals surface area contributed by atoms with Gasteiger partial charge in [0.1, 0.15) is 12.8 Å². The molecule has 0 saturated carbocycles. The molecule has 3 rings (SSSR count). The normalized spacial score (nSPS) is 22.0. The van der Waals surface area contributed by atoms with Crippen LogP contribution in [-0.2, 0) is 11.3 Å². The Hall–Kier alpha value is -2.31. The van der Waals surface area contributed by atoms with E-state index in [9.17, 15) is 9.59 Å². The third-order valence-corrected chi connectivity index (χ3v) is 3.88. The van der Waals surface area contributed by atoms with Crippen LogP contribution in [0.15, 0.2) is 32.2 Å². The lowest BCUT2D eigenvalue weighted by molar-refractivity contribution is -0.134. The van der Waals surface area contributed by atoms with Crippen molar-refractivity contribution in [1.82, 2.24) is 14.7 Å². The number of amides is 1. The lowest BCUT2D eigenvalue weighted by Gasteiger charge is -2.34. The summed E-state index contributed by atoms with van der Waals surface area (Å²) in [5.41, 5.74) is 0.573. The van der Waals surface area contributed by atoms with Crippen LogP contribution in [0, 0.1) is 11.8 Å². The first-order valence-electron chi connectivity index (χ1n) is 7.41. The highest BCUT2D eigenvalue weighted by Gasteiger charge is 2.26. The SMILES string of the molecule is CC1CC(C)CN(C(=O)Cn2nc(-c3ccoc3)oc2=O)C1. The van der Waals surface area contributed by atoms with E-state index in [1.807, 2.05) is 0 Å². The van der Waals surface area contributed by atoms with E-state index >= 15 is 0 Å². The maximum Gasteiger partial charge on any atom is 0.437 e. The molecular formula is C15H19N3O4. The zero-order valence-corrected chi connectivity index (χ0v) is 12.7. The number of nitrogens with zero attached hydrogens (tertiary/aromatic N) is 3. The molecule has 1 aliphatic heterocycles. The van der Waals surface area contributed by atoms with Crippen LogP contribution in [0.4, 0.5) is 0 Å². The lowest BCUT2D eigenvalue weighted by Crippen LogP contribution is -2.44. The Morgan fingerprint density at radius 1 is 1.36 bits per heavy atom. The second-order valence-corrected chi connectivity index (χ2v) is 6.09. The van der Waals surface area contributed by atoms with Gasteiger partial charge in [-0.05, 0) is 24.3 Å². The van der Waals surface area contributed by atoms with Gasteiger partial charge >= 0.3 is 5.76 Å². The van der Waals surface area contributed by atoms with E-state index in [2.05, 4.69) is 18.9 Å². The molecule has 1 aliphatic rings. The fourth-order valence-corrected chi connectivity index (χ4v) is 3.00. The molecule has 1 fully saturated rings. The van der Waals surface area contributed by atoms with Gasteiger partial charge in [0, 0.05) is 13.1 Å². The number of likely N-dealkylation sites (tertiary alicyclic amines) is 1. The minimum Gasteiger partial charge on any atom is -0.472 e. The summed E-state index contributed by atoms with van der Waals surface area (Å²) >= 11 is 0. The van der Waals surface area contributed by atoms with Crippen LogP contribution in [-0.4, -0.2) is 33.7 Å². The highest BCUT2D eigenvalue weighted by atomic mass is 16.4. The van der Waals surface area contributed by atoms with Crippen molar-refractivity contribution in [2.75, 3.05) is 13.1 Å². The zero-order chi connectivity index (χ0) is 15.7. The van der Waals surface area contributed by atoms with Gasteiger partial charge in [0.25, 0.3) is 5.89 Å². The quantitative estimate of drug-likeness (QED) is 0.860. The summed E-state index contributed by atoms with van der Waals surface area (Å²) in [5, 5.41) is 4.06. The van der Waals surface area contributed by atoms with E-state index in [0.29, 0.717) is 17.4 Å². The van der Waals surface area contributed by atoms with Crippen molar-refractivity contribution in [3.63, 3.8) is 0 Å². The first-order chi connectivity index (χ1) is 10.5. The van der Waals surface area contributed by atoms with Crippen LogP contribution in [0.3, 0.4) is 0 Å². The summed E-state index contributed by atoms with van der Waals surface area (Å²) in [5.74, 6) is 0.369. The number of hydrogen-bond acceptors (Lipinski definition) is 5. The Morgan fingerprint density at radius 3 is 2.73 bits per heavy atom. The average molecular weight is 305 g/mol. The Labute approximate surface area is 127 Å². The number of rotatable bonds is 3. The number of hydrogen-bond donors (Lipinski definition) is 0.